The summed E-state index contributed by atoms with van der Waals surface area (Å²) in [6, 6.07) is 7.25. The van der Waals surface area contributed by atoms with Crippen LogP contribution in [0.2, 0.25) is 0 Å². The lowest BCUT2D eigenvalue weighted by Gasteiger charge is -2.12. The van der Waals surface area contributed by atoms with Gasteiger partial charge in [0.15, 0.2) is 5.16 Å². The highest BCUT2D eigenvalue weighted by atomic mass is 32.2. The van der Waals surface area contributed by atoms with E-state index in [0.717, 1.165) is 21.9 Å². The van der Waals surface area contributed by atoms with Crippen LogP contribution in [0, 0.1) is 6.92 Å². The monoisotopic (exact) mass is 344 g/mol. The number of halogens is 3. The summed E-state index contributed by atoms with van der Waals surface area (Å²) in [6.45, 7) is 3.49. The first kappa shape index (κ1) is 17.3. The molecule has 9 heteroatoms. The number of aromatic nitrogens is 3. The molecular formula is C14H15F3N4OS. The van der Waals surface area contributed by atoms with Gasteiger partial charge in [0.05, 0.1) is 5.25 Å². The Morgan fingerprint density at radius 1 is 1.35 bits per heavy atom. The number of aryl methyl sites for hydroxylation is 1. The molecular weight excluding hydrogens is 329 g/mol. The minimum atomic E-state index is -4.58. The lowest BCUT2D eigenvalue weighted by atomic mass is 10.2. The maximum atomic E-state index is 12.7. The van der Waals surface area contributed by atoms with Gasteiger partial charge in [-0.15, -0.1) is 10.2 Å². The quantitative estimate of drug-likeness (QED) is 0.865. The average Bonchev–Trinajstić information content (AvgIpc) is 2.80. The van der Waals surface area contributed by atoms with Gasteiger partial charge in [0, 0.05) is 12.7 Å². The SMILES string of the molecule is Cc1cccc(NC(=O)C(C)Sc2nnc(C(F)(F)F)n2C)c1. The van der Waals surface area contributed by atoms with Crippen molar-refractivity contribution in [2.75, 3.05) is 5.32 Å². The molecule has 23 heavy (non-hydrogen) atoms. The number of carbonyl (C=O) groups excluding carboxylic acids is 1. The average molecular weight is 344 g/mol. The van der Waals surface area contributed by atoms with Gasteiger partial charge in [-0.2, -0.15) is 13.2 Å². The molecule has 0 saturated heterocycles. The van der Waals surface area contributed by atoms with Gasteiger partial charge in [0.25, 0.3) is 0 Å². The zero-order valence-corrected chi connectivity index (χ0v) is 13.5. The number of alkyl halides is 3. The predicted molar refractivity (Wildman–Crippen MR) is 81.1 cm³/mol. The Morgan fingerprint density at radius 2 is 2.04 bits per heavy atom. The Hall–Kier alpha value is -2.03. The van der Waals surface area contributed by atoms with Crippen LogP contribution >= 0.6 is 11.8 Å². The molecule has 0 fully saturated rings. The number of nitrogens with one attached hydrogen (secondary N) is 1. The molecule has 1 unspecified atom stereocenters. The molecule has 1 aromatic carbocycles. The van der Waals surface area contributed by atoms with Crippen molar-refractivity contribution in [3.63, 3.8) is 0 Å². The van der Waals surface area contributed by atoms with Crippen LogP contribution in [0.25, 0.3) is 0 Å². The molecule has 0 saturated carbocycles. The van der Waals surface area contributed by atoms with Crippen molar-refractivity contribution >= 4 is 23.4 Å². The van der Waals surface area contributed by atoms with E-state index >= 15 is 0 Å². The number of carbonyl (C=O) groups is 1. The molecule has 124 valence electrons. The van der Waals surface area contributed by atoms with Crippen molar-refractivity contribution < 1.29 is 18.0 Å². The van der Waals surface area contributed by atoms with Crippen molar-refractivity contribution in [1.82, 2.24) is 14.8 Å². The first-order valence-corrected chi connectivity index (χ1v) is 7.57. The molecule has 1 aromatic heterocycles. The highest BCUT2D eigenvalue weighted by Gasteiger charge is 2.37. The molecule has 0 spiro atoms. The van der Waals surface area contributed by atoms with E-state index in [2.05, 4.69) is 15.5 Å². The van der Waals surface area contributed by atoms with Crippen molar-refractivity contribution in [2.45, 2.75) is 30.4 Å². The lowest BCUT2D eigenvalue weighted by molar-refractivity contribution is -0.147. The number of rotatable bonds is 4. The fourth-order valence-electron chi connectivity index (χ4n) is 1.84. The van der Waals surface area contributed by atoms with E-state index in [1.54, 1.807) is 25.1 Å². The first-order valence-electron chi connectivity index (χ1n) is 6.69. The second-order valence-electron chi connectivity index (χ2n) is 4.98. The molecule has 0 bridgehead atoms. The smallest absolute Gasteiger partial charge is 0.325 e. The largest absolute Gasteiger partial charge is 0.451 e. The van der Waals surface area contributed by atoms with Crippen molar-refractivity contribution in [1.29, 1.82) is 0 Å². The van der Waals surface area contributed by atoms with E-state index in [-0.39, 0.29) is 11.1 Å². The summed E-state index contributed by atoms with van der Waals surface area (Å²) in [6.07, 6.45) is -4.58. The topological polar surface area (TPSA) is 59.8 Å². The van der Waals surface area contributed by atoms with Gasteiger partial charge in [0.1, 0.15) is 0 Å². The zero-order valence-electron chi connectivity index (χ0n) is 12.7. The molecule has 0 aliphatic rings. The fourth-order valence-corrected chi connectivity index (χ4v) is 2.66. The number of hydrogen-bond donors (Lipinski definition) is 1. The molecule has 1 atom stereocenters. The maximum Gasteiger partial charge on any atom is 0.451 e. The van der Waals surface area contributed by atoms with Gasteiger partial charge < -0.3 is 9.88 Å². The van der Waals surface area contributed by atoms with E-state index in [1.807, 2.05) is 13.0 Å². The van der Waals surface area contributed by atoms with Crippen molar-refractivity contribution in [3.05, 3.63) is 35.7 Å². The molecule has 1 N–H and O–H groups in total. The number of nitrogens with zero attached hydrogens (tertiary/aromatic N) is 3. The van der Waals surface area contributed by atoms with E-state index in [4.69, 9.17) is 0 Å². The van der Waals surface area contributed by atoms with Crippen LogP contribution in [0.15, 0.2) is 29.4 Å². The molecule has 0 radical (unpaired) electrons. The van der Waals surface area contributed by atoms with Gasteiger partial charge in [-0.25, -0.2) is 0 Å². The summed E-state index contributed by atoms with van der Waals surface area (Å²) in [4.78, 5) is 12.1. The second kappa shape index (κ2) is 6.61. The summed E-state index contributed by atoms with van der Waals surface area (Å²) in [5, 5.41) is 8.76. The number of hydrogen-bond acceptors (Lipinski definition) is 4. The van der Waals surface area contributed by atoms with Crippen molar-refractivity contribution in [3.8, 4) is 0 Å². The van der Waals surface area contributed by atoms with Crippen LogP contribution in [0.4, 0.5) is 18.9 Å². The van der Waals surface area contributed by atoms with Gasteiger partial charge in [0.2, 0.25) is 11.7 Å². The normalized spacial score (nSPS) is 13.0. The van der Waals surface area contributed by atoms with Gasteiger partial charge >= 0.3 is 6.18 Å². The summed E-state index contributed by atoms with van der Waals surface area (Å²) in [5.41, 5.74) is 1.63. The highest BCUT2D eigenvalue weighted by Crippen LogP contribution is 2.31. The summed E-state index contributed by atoms with van der Waals surface area (Å²) in [7, 11) is 1.22. The first-order chi connectivity index (χ1) is 10.7. The molecule has 1 heterocycles. The Balaban J connectivity index is 2.06. The van der Waals surface area contributed by atoms with Crippen LogP contribution in [-0.4, -0.2) is 25.9 Å². The molecule has 0 aliphatic carbocycles. The second-order valence-corrected chi connectivity index (χ2v) is 6.29. The minimum absolute atomic E-state index is 0.0317. The number of benzene rings is 1. The third-order valence-electron chi connectivity index (χ3n) is 3.03. The number of thioether (sulfide) groups is 1. The third-order valence-corrected chi connectivity index (χ3v) is 4.16. The van der Waals surface area contributed by atoms with Gasteiger partial charge in [-0.1, -0.05) is 23.9 Å². The van der Waals surface area contributed by atoms with E-state index in [0.29, 0.717) is 5.69 Å². The number of anilines is 1. The highest BCUT2D eigenvalue weighted by molar-refractivity contribution is 8.00. The summed E-state index contributed by atoms with van der Waals surface area (Å²) in [5.74, 6) is -1.41. The Bertz CT molecular complexity index is 714. The van der Waals surface area contributed by atoms with Gasteiger partial charge in [-0.3, -0.25) is 4.79 Å². The van der Waals surface area contributed by atoms with Crippen LogP contribution < -0.4 is 5.32 Å². The third kappa shape index (κ3) is 4.25. The van der Waals surface area contributed by atoms with Crippen molar-refractivity contribution in [2.24, 2.45) is 7.05 Å². The van der Waals surface area contributed by atoms with Crippen LogP contribution in [0.1, 0.15) is 18.3 Å². The minimum Gasteiger partial charge on any atom is -0.325 e. The Morgan fingerprint density at radius 3 is 2.61 bits per heavy atom. The Labute approximate surface area is 135 Å². The van der Waals surface area contributed by atoms with E-state index in [1.165, 1.54) is 7.05 Å². The molecule has 2 aromatic rings. The predicted octanol–water partition coefficient (Wildman–Crippen LogP) is 3.26. The van der Waals surface area contributed by atoms with E-state index < -0.39 is 17.3 Å². The number of amides is 1. The summed E-state index contributed by atoms with van der Waals surface area (Å²) >= 11 is 0.916. The fraction of sp³-hybridized carbons (Fsp3) is 0.357. The maximum absolute atomic E-state index is 12.7. The Kier molecular flexibility index (Phi) is 4.98. The van der Waals surface area contributed by atoms with E-state index in [9.17, 15) is 18.0 Å². The summed E-state index contributed by atoms with van der Waals surface area (Å²) < 4.78 is 38.8. The van der Waals surface area contributed by atoms with Crippen LogP contribution in [0.5, 0.6) is 0 Å². The standard InChI is InChI=1S/C14H15F3N4OS/c1-8-5-4-6-10(7-8)18-11(22)9(2)23-13-20-19-12(21(13)3)14(15,16)17/h4-7,9H,1-3H3,(H,18,22). The van der Waals surface area contributed by atoms with Crippen LogP contribution in [-0.2, 0) is 18.0 Å². The van der Waals surface area contributed by atoms with Crippen LogP contribution in [0.3, 0.4) is 0 Å². The molecule has 1 amide bonds. The molecule has 0 aliphatic heterocycles. The molecule has 5 nitrogen and oxygen atoms in total. The van der Waals surface area contributed by atoms with Gasteiger partial charge in [-0.05, 0) is 31.5 Å². The molecule has 2 rings (SSSR count). The lowest BCUT2D eigenvalue weighted by Crippen LogP contribution is -2.23. The zero-order chi connectivity index (χ0) is 17.2.